The second-order valence-corrected chi connectivity index (χ2v) is 7.89. The van der Waals surface area contributed by atoms with Gasteiger partial charge in [-0.2, -0.15) is 5.10 Å². The molecule has 0 radical (unpaired) electrons. The second-order valence-electron chi connectivity index (χ2n) is 7.89. The van der Waals surface area contributed by atoms with Crippen LogP contribution in [0.1, 0.15) is 5.69 Å². The van der Waals surface area contributed by atoms with Crippen molar-refractivity contribution in [2.24, 2.45) is 14.1 Å². The number of hydrogen-bond donors (Lipinski definition) is 1. The molecule has 170 valence electrons. The number of aromatic nitrogens is 5. The SMILES string of the molecule is COC1=C(n2c(=O)n(C)c3cnc4cc(OC)c(-c5cn(C)nc5C)cc4c32)C(F)=CNC1. The number of imidazole rings is 1. The molecule has 0 amide bonds. The first-order valence-corrected chi connectivity index (χ1v) is 10.3. The first kappa shape index (κ1) is 20.8. The van der Waals surface area contributed by atoms with E-state index in [1.165, 1.54) is 22.4 Å². The van der Waals surface area contributed by atoms with Crippen molar-refractivity contribution in [3.05, 3.63) is 58.5 Å². The van der Waals surface area contributed by atoms with E-state index in [2.05, 4.69) is 15.4 Å². The van der Waals surface area contributed by atoms with Crippen LogP contribution in [0, 0.1) is 6.92 Å². The highest BCUT2D eigenvalue weighted by Crippen LogP contribution is 2.38. The van der Waals surface area contributed by atoms with E-state index in [9.17, 15) is 4.79 Å². The average molecular weight is 450 g/mol. The lowest BCUT2D eigenvalue weighted by molar-refractivity contribution is 0.279. The molecule has 0 atom stereocenters. The largest absolute Gasteiger partial charge is 0.497 e. The molecule has 5 rings (SSSR count). The van der Waals surface area contributed by atoms with Crippen molar-refractivity contribution in [3.63, 3.8) is 0 Å². The van der Waals surface area contributed by atoms with Gasteiger partial charge < -0.3 is 14.8 Å². The van der Waals surface area contributed by atoms with Crippen molar-refractivity contribution in [1.29, 1.82) is 0 Å². The van der Waals surface area contributed by atoms with Crippen LogP contribution < -0.4 is 15.7 Å². The minimum Gasteiger partial charge on any atom is -0.497 e. The Kier molecular flexibility index (Phi) is 4.73. The predicted octanol–water partition coefficient (Wildman–Crippen LogP) is 2.83. The second kappa shape index (κ2) is 7.51. The quantitative estimate of drug-likeness (QED) is 0.515. The van der Waals surface area contributed by atoms with Gasteiger partial charge in [-0.3, -0.25) is 18.8 Å². The van der Waals surface area contributed by atoms with Crippen LogP contribution in [0.3, 0.4) is 0 Å². The van der Waals surface area contributed by atoms with Crippen LogP contribution in [-0.4, -0.2) is 44.7 Å². The number of aryl methyl sites for hydroxylation is 3. The maximum absolute atomic E-state index is 15.1. The van der Waals surface area contributed by atoms with Crippen molar-refractivity contribution < 1.29 is 13.9 Å². The lowest BCUT2D eigenvalue weighted by Crippen LogP contribution is -2.27. The number of ether oxygens (including phenoxy) is 2. The molecular formula is C23H23FN6O3. The molecule has 0 saturated heterocycles. The summed E-state index contributed by atoms with van der Waals surface area (Å²) in [5.74, 6) is 0.362. The lowest BCUT2D eigenvalue weighted by Gasteiger charge is -2.19. The Bertz CT molecular complexity index is 1560. The molecule has 4 aromatic rings. The van der Waals surface area contributed by atoms with Crippen molar-refractivity contribution in [2.45, 2.75) is 6.92 Å². The molecule has 10 heteroatoms. The Morgan fingerprint density at radius 3 is 2.61 bits per heavy atom. The Labute approximate surface area is 188 Å². The van der Waals surface area contributed by atoms with E-state index < -0.39 is 11.5 Å². The minimum absolute atomic E-state index is 0.0780. The fourth-order valence-corrected chi connectivity index (χ4v) is 4.39. The highest BCUT2D eigenvalue weighted by molar-refractivity contribution is 6.06. The number of rotatable bonds is 4. The van der Waals surface area contributed by atoms with Gasteiger partial charge in [-0.25, -0.2) is 9.18 Å². The first-order valence-electron chi connectivity index (χ1n) is 10.3. The molecule has 0 unspecified atom stereocenters. The van der Waals surface area contributed by atoms with Crippen molar-refractivity contribution in [3.8, 4) is 16.9 Å². The topological polar surface area (TPSA) is 88.1 Å². The van der Waals surface area contributed by atoms with Gasteiger partial charge in [-0.15, -0.1) is 0 Å². The van der Waals surface area contributed by atoms with Crippen molar-refractivity contribution in [1.82, 2.24) is 29.2 Å². The van der Waals surface area contributed by atoms with Gasteiger partial charge in [0.1, 0.15) is 17.2 Å². The normalized spacial score (nSPS) is 14.1. The molecule has 1 N–H and O–H groups in total. The van der Waals surface area contributed by atoms with E-state index in [4.69, 9.17) is 9.47 Å². The maximum Gasteiger partial charge on any atom is 0.333 e. The zero-order valence-corrected chi connectivity index (χ0v) is 18.9. The molecule has 0 bridgehead atoms. The van der Waals surface area contributed by atoms with Gasteiger partial charge in [0.2, 0.25) is 0 Å². The number of pyridine rings is 1. The van der Waals surface area contributed by atoms with E-state index in [0.717, 1.165) is 16.8 Å². The van der Waals surface area contributed by atoms with Crippen LogP contribution in [-0.2, 0) is 18.8 Å². The van der Waals surface area contributed by atoms with Gasteiger partial charge in [0.05, 0.1) is 49.2 Å². The number of dihydropyridines is 1. The summed E-state index contributed by atoms with van der Waals surface area (Å²) < 4.78 is 30.7. The van der Waals surface area contributed by atoms with Crippen LogP contribution in [0.25, 0.3) is 38.8 Å². The standard InChI is InChI=1S/C23H23FN6O3/c1-12-15(11-28(2)27-12)13-6-14-17(7-19(13)32-4)26-9-18-21(14)30(23(31)29(18)3)22-16(24)8-25-10-20(22)33-5/h6-9,11,25H,10H2,1-5H3. The Balaban J connectivity index is 1.94. The number of hydrogen-bond acceptors (Lipinski definition) is 6. The fraction of sp³-hybridized carbons (Fsp3) is 0.261. The summed E-state index contributed by atoms with van der Waals surface area (Å²) in [5, 5.41) is 7.94. The van der Waals surface area contributed by atoms with Crippen LogP contribution in [0.5, 0.6) is 5.75 Å². The fourth-order valence-electron chi connectivity index (χ4n) is 4.39. The molecule has 1 aliphatic heterocycles. The first-order chi connectivity index (χ1) is 15.8. The lowest BCUT2D eigenvalue weighted by atomic mass is 10.0. The summed E-state index contributed by atoms with van der Waals surface area (Å²) in [5.41, 5.74) is 3.92. The highest BCUT2D eigenvalue weighted by Gasteiger charge is 2.26. The molecule has 1 aliphatic rings. The molecule has 3 aromatic heterocycles. The van der Waals surface area contributed by atoms with Gasteiger partial charge >= 0.3 is 5.69 Å². The molecule has 0 aliphatic carbocycles. The predicted molar refractivity (Wildman–Crippen MR) is 123 cm³/mol. The monoisotopic (exact) mass is 450 g/mol. The Morgan fingerprint density at radius 1 is 1.15 bits per heavy atom. The maximum atomic E-state index is 15.1. The molecule has 9 nitrogen and oxygen atoms in total. The van der Waals surface area contributed by atoms with Gasteiger partial charge in [0.15, 0.2) is 5.83 Å². The van der Waals surface area contributed by atoms with Gasteiger partial charge in [-0.05, 0) is 13.0 Å². The summed E-state index contributed by atoms with van der Waals surface area (Å²) in [4.78, 5) is 17.9. The van der Waals surface area contributed by atoms with Crippen molar-refractivity contribution >= 4 is 27.6 Å². The van der Waals surface area contributed by atoms with E-state index in [0.29, 0.717) is 33.4 Å². The summed E-state index contributed by atoms with van der Waals surface area (Å²) >= 11 is 0. The molecule has 4 heterocycles. The smallest absolute Gasteiger partial charge is 0.333 e. The number of nitrogens with zero attached hydrogens (tertiary/aromatic N) is 5. The third-order valence-electron chi connectivity index (χ3n) is 5.96. The van der Waals surface area contributed by atoms with Crippen molar-refractivity contribution in [2.75, 3.05) is 20.8 Å². The number of allylic oxidation sites excluding steroid dienone is 2. The number of methoxy groups -OCH3 is 2. The van der Waals surface area contributed by atoms with E-state index in [1.807, 2.05) is 32.3 Å². The molecule has 1 aromatic carbocycles. The molecule has 0 saturated carbocycles. The number of fused-ring (bicyclic) bond motifs is 3. The zero-order valence-electron chi connectivity index (χ0n) is 18.9. The van der Waals surface area contributed by atoms with E-state index in [-0.39, 0.29) is 12.2 Å². The third-order valence-corrected chi connectivity index (χ3v) is 5.96. The summed E-state index contributed by atoms with van der Waals surface area (Å²) in [6.07, 6.45) is 4.76. The number of nitrogens with one attached hydrogen (secondary N) is 1. The van der Waals surface area contributed by atoms with Gasteiger partial charge in [0.25, 0.3) is 0 Å². The number of benzene rings is 1. The molecule has 0 spiro atoms. The average Bonchev–Trinajstić information content (AvgIpc) is 3.27. The molecule has 33 heavy (non-hydrogen) atoms. The van der Waals surface area contributed by atoms with Gasteiger partial charge in [-0.1, -0.05) is 0 Å². The minimum atomic E-state index is -0.588. The Morgan fingerprint density at radius 2 is 1.94 bits per heavy atom. The van der Waals surface area contributed by atoms with Gasteiger partial charge in [0, 0.05) is 49.1 Å². The van der Waals surface area contributed by atoms with E-state index >= 15 is 4.39 Å². The third kappa shape index (κ3) is 3.01. The molecular weight excluding hydrogens is 427 g/mol. The molecule has 0 fully saturated rings. The van der Waals surface area contributed by atoms with Crippen LogP contribution >= 0.6 is 0 Å². The number of halogens is 1. The van der Waals surface area contributed by atoms with E-state index in [1.54, 1.807) is 25.0 Å². The zero-order chi connectivity index (χ0) is 23.4. The summed E-state index contributed by atoms with van der Waals surface area (Å²) in [7, 11) is 6.54. The summed E-state index contributed by atoms with van der Waals surface area (Å²) in [6, 6.07) is 3.73. The highest BCUT2D eigenvalue weighted by atomic mass is 19.1. The Hall–Kier alpha value is -4.08. The van der Waals surface area contributed by atoms with Crippen LogP contribution in [0.2, 0.25) is 0 Å². The van der Waals surface area contributed by atoms with Crippen LogP contribution in [0.4, 0.5) is 4.39 Å². The van der Waals surface area contributed by atoms with Crippen LogP contribution in [0.15, 0.2) is 47.1 Å². The summed E-state index contributed by atoms with van der Waals surface area (Å²) in [6.45, 7) is 2.18.